The molecule has 0 aliphatic heterocycles. The number of halogens is 3. The van der Waals surface area contributed by atoms with Crippen LogP contribution in [0.5, 0.6) is 5.75 Å². The summed E-state index contributed by atoms with van der Waals surface area (Å²) in [5.74, 6) is -1.69. The van der Waals surface area contributed by atoms with E-state index in [1.165, 1.54) is 29.0 Å². The van der Waals surface area contributed by atoms with E-state index in [4.69, 9.17) is 9.84 Å². The number of ether oxygens (including phenoxy) is 1. The number of carbonyl (C=O) groups is 1. The number of aromatic nitrogens is 2. The lowest BCUT2D eigenvalue weighted by molar-refractivity contribution is -0.139. The molecule has 0 saturated carbocycles. The van der Waals surface area contributed by atoms with Crippen LogP contribution in [-0.4, -0.2) is 20.6 Å². The van der Waals surface area contributed by atoms with Gasteiger partial charge in [-0.15, -0.1) is 0 Å². The number of carboxylic acid groups (broad SMARTS) is 1. The van der Waals surface area contributed by atoms with Crippen molar-refractivity contribution in [3.63, 3.8) is 0 Å². The van der Waals surface area contributed by atoms with Gasteiger partial charge < -0.3 is 14.4 Å². The second-order valence-corrected chi connectivity index (χ2v) is 4.41. The first-order chi connectivity index (χ1) is 10.3. The molecule has 22 heavy (non-hydrogen) atoms. The molecule has 0 amide bonds. The van der Waals surface area contributed by atoms with Crippen molar-refractivity contribution in [3.8, 4) is 5.75 Å². The van der Waals surface area contributed by atoms with Crippen molar-refractivity contribution in [2.24, 2.45) is 0 Å². The summed E-state index contributed by atoms with van der Waals surface area (Å²) in [5, 5.41) is 8.97. The molecule has 2 aromatic rings. The molecule has 0 atom stereocenters. The molecule has 0 fully saturated rings. The second-order valence-electron chi connectivity index (χ2n) is 4.41. The molecule has 1 aromatic heterocycles. The Balaban J connectivity index is 2.23. The second kappa shape index (κ2) is 6.08. The lowest BCUT2D eigenvalue weighted by Gasteiger charge is -2.14. The van der Waals surface area contributed by atoms with E-state index >= 15 is 0 Å². The molecule has 1 heterocycles. The third-order valence-electron chi connectivity index (χ3n) is 3.01. The van der Waals surface area contributed by atoms with Gasteiger partial charge in [0.15, 0.2) is 0 Å². The molecule has 0 bridgehead atoms. The van der Waals surface area contributed by atoms with Crippen LogP contribution in [0.2, 0.25) is 0 Å². The molecular formula is C14H13F3N2O3. The minimum Gasteiger partial charge on any atom is -0.487 e. The molecule has 5 nitrogen and oxygen atoms in total. The molecule has 0 spiro atoms. The van der Waals surface area contributed by atoms with E-state index in [0.717, 1.165) is 6.07 Å². The minimum atomic E-state index is -4.52. The highest BCUT2D eigenvalue weighted by atomic mass is 19.4. The van der Waals surface area contributed by atoms with E-state index in [9.17, 15) is 18.0 Å². The quantitative estimate of drug-likeness (QED) is 0.920. The van der Waals surface area contributed by atoms with Crippen LogP contribution >= 0.6 is 0 Å². The number of benzene rings is 1. The zero-order chi connectivity index (χ0) is 16.3. The number of imidazole rings is 1. The molecule has 1 aromatic carbocycles. The zero-order valence-electron chi connectivity index (χ0n) is 11.6. The molecule has 1 N–H and O–H groups in total. The maximum atomic E-state index is 12.9. The van der Waals surface area contributed by atoms with Crippen molar-refractivity contribution in [1.82, 2.24) is 9.55 Å². The number of carboxylic acids is 1. The molecule has 8 heteroatoms. The highest BCUT2D eigenvalue weighted by Gasteiger charge is 2.34. The maximum absolute atomic E-state index is 12.9. The molecule has 0 radical (unpaired) electrons. The van der Waals surface area contributed by atoms with Crippen molar-refractivity contribution in [2.45, 2.75) is 26.3 Å². The van der Waals surface area contributed by atoms with Gasteiger partial charge in [0.2, 0.25) is 5.82 Å². The Bertz CT molecular complexity index is 680. The Morgan fingerprint density at radius 1 is 1.36 bits per heavy atom. The average Bonchev–Trinajstić information content (AvgIpc) is 2.87. The topological polar surface area (TPSA) is 64.4 Å². The van der Waals surface area contributed by atoms with Gasteiger partial charge in [-0.1, -0.05) is 12.1 Å². The standard InChI is InChI=1S/C14H13F3N2O3/c1-2-19-9(7-18-12(19)13(20)21)8-22-11-6-4-3-5-10(11)14(15,16)17/h3-7H,2,8H2,1H3,(H,20,21). The van der Waals surface area contributed by atoms with Crippen LogP contribution in [0.25, 0.3) is 0 Å². The SMILES string of the molecule is CCn1c(COc2ccccc2C(F)(F)F)cnc1C(=O)O. The van der Waals surface area contributed by atoms with Gasteiger partial charge >= 0.3 is 12.1 Å². The van der Waals surface area contributed by atoms with E-state index < -0.39 is 17.7 Å². The van der Waals surface area contributed by atoms with Crippen molar-refractivity contribution in [1.29, 1.82) is 0 Å². The van der Waals surface area contributed by atoms with E-state index in [0.29, 0.717) is 12.2 Å². The number of hydrogen-bond donors (Lipinski definition) is 1. The number of nitrogens with zero attached hydrogens (tertiary/aromatic N) is 2. The first-order valence-corrected chi connectivity index (χ1v) is 6.41. The van der Waals surface area contributed by atoms with Gasteiger partial charge in [-0.25, -0.2) is 9.78 Å². The fraction of sp³-hybridized carbons (Fsp3) is 0.286. The number of para-hydroxylation sites is 1. The molecule has 0 saturated heterocycles. The Morgan fingerprint density at radius 2 is 2.05 bits per heavy atom. The largest absolute Gasteiger partial charge is 0.487 e. The van der Waals surface area contributed by atoms with Crippen LogP contribution in [0, 0.1) is 0 Å². The van der Waals surface area contributed by atoms with Crippen molar-refractivity contribution in [3.05, 3.63) is 47.5 Å². The summed E-state index contributed by atoms with van der Waals surface area (Å²) in [6.45, 7) is 1.82. The van der Waals surface area contributed by atoms with Gasteiger partial charge in [-0.2, -0.15) is 13.2 Å². The summed E-state index contributed by atoms with van der Waals surface area (Å²) < 4.78 is 45.1. The Labute approximate surface area is 124 Å². The van der Waals surface area contributed by atoms with Crippen molar-refractivity contribution < 1.29 is 27.8 Å². The monoisotopic (exact) mass is 314 g/mol. The predicted molar refractivity (Wildman–Crippen MR) is 70.6 cm³/mol. The van der Waals surface area contributed by atoms with Crippen LogP contribution < -0.4 is 4.74 Å². The lowest BCUT2D eigenvalue weighted by atomic mass is 10.2. The van der Waals surface area contributed by atoms with Gasteiger partial charge in [0.25, 0.3) is 0 Å². The maximum Gasteiger partial charge on any atom is 0.419 e. The van der Waals surface area contributed by atoms with E-state index in [-0.39, 0.29) is 18.2 Å². The average molecular weight is 314 g/mol. The molecule has 0 unspecified atom stereocenters. The number of rotatable bonds is 5. The van der Waals surface area contributed by atoms with Crippen molar-refractivity contribution >= 4 is 5.97 Å². The van der Waals surface area contributed by atoms with Crippen LogP contribution in [0.15, 0.2) is 30.5 Å². The highest BCUT2D eigenvalue weighted by molar-refractivity contribution is 5.83. The lowest BCUT2D eigenvalue weighted by Crippen LogP contribution is -2.13. The van der Waals surface area contributed by atoms with Crippen molar-refractivity contribution in [2.75, 3.05) is 0 Å². The van der Waals surface area contributed by atoms with Crippen LogP contribution in [0.1, 0.15) is 28.8 Å². The fourth-order valence-electron chi connectivity index (χ4n) is 2.03. The fourth-order valence-corrected chi connectivity index (χ4v) is 2.03. The van der Waals surface area contributed by atoms with Crippen LogP contribution in [-0.2, 0) is 19.3 Å². The van der Waals surface area contributed by atoms with E-state index in [1.807, 2.05) is 0 Å². The van der Waals surface area contributed by atoms with Crippen LogP contribution in [0.3, 0.4) is 0 Å². The number of aromatic carboxylic acids is 1. The van der Waals surface area contributed by atoms with Gasteiger partial charge in [-0.3, -0.25) is 0 Å². The highest BCUT2D eigenvalue weighted by Crippen LogP contribution is 2.36. The molecule has 0 aliphatic carbocycles. The minimum absolute atomic E-state index is 0.176. The predicted octanol–water partition coefficient (Wildman–Crippen LogP) is 3.20. The van der Waals surface area contributed by atoms with Gasteiger partial charge in [0.1, 0.15) is 12.4 Å². The number of hydrogen-bond acceptors (Lipinski definition) is 3. The first kappa shape index (κ1) is 15.9. The normalized spacial score (nSPS) is 11.5. The van der Waals surface area contributed by atoms with Gasteiger partial charge in [0, 0.05) is 6.54 Å². The van der Waals surface area contributed by atoms with E-state index in [2.05, 4.69) is 4.98 Å². The third-order valence-corrected chi connectivity index (χ3v) is 3.01. The molecular weight excluding hydrogens is 301 g/mol. The summed E-state index contributed by atoms with van der Waals surface area (Å²) in [6.07, 6.45) is -3.24. The van der Waals surface area contributed by atoms with Gasteiger partial charge in [0.05, 0.1) is 17.5 Å². The summed E-state index contributed by atoms with van der Waals surface area (Å²) in [4.78, 5) is 14.7. The summed E-state index contributed by atoms with van der Waals surface area (Å²) >= 11 is 0. The van der Waals surface area contributed by atoms with E-state index in [1.54, 1.807) is 6.92 Å². The van der Waals surface area contributed by atoms with Gasteiger partial charge in [-0.05, 0) is 19.1 Å². The Hall–Kier alpha value is -2.51. The first-order valence-electron chi connectivity index (χ1n) is 6.41. The molecule has 118 valence electrons. The number of alkyl halides is 3. The smallest absolute Gasteiger partial charge is 0.419 e. The zero-order valence-corrected chi connectivity index (χ0v) is 11.6. The summed E-state index contributed by atoms with van der Waals surface area (Å²) in [5.41, 5.74) is -0.493. The van der Waals surface area contributed by atoms with Crippen LogP contribution in [0.4, 0.5) is 13.2 Å². The third kappa shape index (κ3) is 3.21. The Kier molecular flexibility index (Phi) is 4.39. The molecule has 2 rings (SSSR count). The summed E-state index contributed by atoms with van der Waals surface area (Å²) in [6, 6.07) is 4.85. The summed E-state index contributed by atoms with van der Waals surface area (Å²) in [7, 11) is 0. The molecule has 0 aliphatic rings. The Morgan fingerprint density at radius 3 is 2.64 bits per heavy atom.